The molecule has 0 unspecified atom stereocenters. The second-order valence-electron chi connectivity index (χ2n) is 3.59. The van der Waals surface area contributed by atoms with E-state index in [0.717, 1.165) is 32.4 Å². The molecule has 16 heavy (non-hydrogen) atoms. The van der Waals surface area contributed by atoms with Crippen molar-refractivity contribution < 1.29 is 19.1 Å². The van der Waals surface area contributed by atoms with E-state index < -0.39 is 11.9 Å². The Morgan fingerprint density at radius 2 is 1.69 bits per heavy atom. The Bertz CT molecular complexity index is 292. The van der Waals surface area contributed by atoms with E-state index in [1.54, 1.807) is 0 Å². The third-order valence-electron chi connectivity index (χ3n) is 2.55. The molecule has 0 amide bonds. The third kappa shape index (κ3) is 3.25. The molecule has 0 aromatic carbocycles. The van der Waals surface area contributed by atoms with Crippen LogP contribution in [-0.4, -0.2) is 44.1 Å². The number of hydrogen-bond acceptors (Lipinski definition) is 5. The van der Waals surface area contributed by atoms with Crippen LogP contribution in [0.15, 0.2) is 11.8 Å². The molecule has 0 radical (unpaired) electrons. The SMILES string of the molecule is COC(=O)/C=C(\C(=O)OC)N1CCCCC1. The molecule has 5 nitrogen and oxygen atoms in total. The summed E-state index contributed by atoms with van der Waals surface area (Å²) in [5, 5.41) is 0. The molecule has 90 valence electrons. The lowest BCUT2D eigenvalue weighted by Crippen LogP contribution is -2.33. The van der Waals surface area contributed by atoms with Gasteiger partial charge in [0.05, 0.1) is 20.3 Å². The number of rotatable bonds is 3. The van der Waals surface area contributed by atoms with Gasteiger partial charge in [-0.2, -0.15) is 0 Å². The number of piperidine rings is 1. The van der Waals surface area contributed by atoms with Crippen molar-refractivity contribution in [1.82, 2.24) is 4.90 Å². The van der Waals surface area contributed by atoms with Gasteiger partial charge in [-0.3, -0.25) is 0 Å². The predicted molar refractivity (Wildman–Crippen MR) is 57.5 cm³/mol. The maximum Gasteiger partial charge on any atom is 0.354 e. The molecule has 1 aliphatic rings. The van der Waals surface area contributed by atoms with Crippen molar-refractivity contribution in [2.45, 2.75) is 19.3 Å². The first-order valence-electron chi connectivity index (χ1n) is 5.32. The monoisotopic (exact) mass is 227 g/mol. The van der Waals surface area contributed by atoms with E-state index in [4.69, 9.17) is 0 Å². The van der Waals surface area contributed by atoms with Crippen LogP contribution >= 0.6 is 0 Å². The zero-order valence-corrected chi connectivity index (χ0v) is 9.69. The van der Waals surface area contributed by atoms with Gasteiger partial charge >= 0.3 is 11.9 Å². The van der Waals surface area contributed by atoms with Crippen molar-refractivity contribution in [2.75, 3.05) is 27.3 Å². The van der Waals surface area contributed by atoms with E-state index in [2.05, 4.69) is 9.47 Å². The van der Waals surface area contributed by atoms with Crippen molar-refractivity contribution in [1.29, 1.82) is 0 Å². The smallest absolute Gasteiger partial charge is 0.354 e. The number of ether oxygens (including phenoxy) is 2. The van der Waals surface area contributed by atoms with Crippen LogP contribution in [0.3, 0.4) is 0 Å². The summed E-state index contributed by atoms with van der Waals surface area (Å²) in [6.07, 6.45) is 4.39. The molecule has 1 fully saturated rings. The molecule has 0 bridgehead atoms. The van der Waals surface area contributed by atoms with Gasteiger partial charge in [-0.15, -0.1) is 0 Å². The Morgan fingerprint density at radius 3 is 2.19 bits per heavy atom. The van der Waals surface area contributed by atoms with Crippen molar-refractivity contribution in [3.05, 3.63) is 11.8 Å². The molecule has 1 heterocycles. The normalized spacial score (nSPS) is 16.9. The molecule has 0 N–H and O–H groups in total. The summed E-state index contributed by atoms with van der Waals surface area (Å²) in [6, 6.07) is 0. The summed E-state index contributed by atoms with van der Waals surface area (Å²) in [4.78, 5) is 24.5. The Kier molecular flexibility index (Phi) is 4.82. The summed E-state index contributed by atoms with van der Waals surface area (Å²) >= 11 is 0. The lowest BCUT2D eigenvalue weighted by molar-refractivity contribution is -0.140. The number of carbonyl (C=O) groups is 2. The van der Waals surface area contributed by atoms with E-state index in [1.165, 1.54) is 20.3 Å². The minimum atomic E-state index is -0.536. The van der Waals surface area contributed by atoms with Gasteiger partial charge in [0.2, 0.25) is 0 Å². The van der Waals surface area contributed by atoms with Gasteiger partial charge in [-0.25, -0.2) is 9.59 Å². The topological polar surface area (TPSA) is 55.8 Å². The van der Waals surface area contributed by atoms with E-state index in [0.29, 0.717) is 0 Å². The second-order valence-corrected chi connectivity index (χ2v) is 3.59. The fourth-order valence-electron chi connectivity index (χ4n) is 1.69. The standard InChI is InChI=1S/C11H17NO4/c1-15-10(13)8-9(11(14)16-2)12-6-4-3-5-7-12/h8H,3-7H2,1-2H3/b9-8+. The van der Waals surface area contributed by atoms with Crippen molar-refractivity contribution >= 4 is 11.9 Å². The minimum absolute atomic E-state index is 0.286. The Labute approximate surface area is 95.0 Å². The van der Waals surface area contributed by atoms with Gasteiger partial charge in [0.15, 0.2) is 0 Å². The van der Waals surface area contributed by atoms with E-state index in [-0.39, 0.29) is 5.70 Å². The maximum atomic E-state index is 11.5. The zero-order chi connectivity index (χ0) is 12.0. The first kappa shape index (κ1) is 12.5. The average molecular weight is 227 g/mol. The largest absolute Gasteiger partial charge is 0.466 e. The van der Waals surface area contributed by atoms with Crippen LogP contribution in [0.5, 0.6) is 0 Å². The predicted octanol–water partition coefficient (Wildman–Crippen LogP) is 0.702. The molecule has 0 spiro atoms. The maximum absolute atomic E-state index is 11.5. The number of carbonyl (C=O) groups excluding carboxylic acids is 2. The number of methoxy groups -OCH3 is 2. The van der Waals surface area contributed by atoms with E-state index in [1.807, 2.05) is 4.90 Å². The molecule has 0 aromatic rings. The highest BCUT2D eigenvalue weighted by molar-refractivity contribution is 5.95. The summed E-state index contributed by atoms with van der Waals surface area (Å²) < 4.78 is 9.17. The van der Waals surface area contributed by atoms with E-state index in [9.17, 15) is 9.59 Å². The minimum Gasteiger partial charge on any atom is -0.466 e. The molecular formula is C11H17NO4. The van der Waals surface area contributed by atoms with Crippen LogP contribution < -0.4 is 0 Å². The van der Waals surface area contributed by atoms with Gasteiger partial charge in [0, 0.05) is 13.1 Å². The number of hydrogen-bond donors (Lipinski definition) is 0. The molecule has 1 aliphatic heterocycles. The highest BCUT2D eigenvalue weighted by Crippen LogP contribution is 2.15. The van der Waals surface area contributed by atoms with Crippen molar-refractivity contribution in [3.8, 4) is 0 Å². The number of nitrogens with zero attached hydrogens (tertiary/aromatic N) is 1. The van der Waals surface area contributed by atoms with Gasteiger partial charge in [0.1, 0.15) is 5.70 Å². The zero-order valence-electron chi connectivity index (χ0n) is 9.69. The van der Waals surface area contributed by atoms with Crippen molar-refractivity contribution in [2.24, 2.45) is 0 Å². The van der Waals surface area contributed by atoms with Gasteiger partial charge in [-0.05, 0) is 19.3 Å². The van der Waals surface area contributed by atoms with Gasteiger partial charge in [0.25, 0.3) is 0 Å². The number of likely N-dealkylation sites (tertiary alicyclic amines) is 1. The van der Waals surface area contributed by atoms with Crippen LogP contribution in [0.2, 0.25) is 0 Å². The summed E-state index contributed by atoms with van der Waals surface area (Å²) in [5.74, 6) is -1.03. The number of esters is 2. The Morgan fingerprint density at radius 1 is 1.06 bits per heavy atom. The highest BCUT2D eigenvalue weighted by atomic mass is 16.5. The van der Waals surface area contributed by atoms with Crippen LogP contribution in [0, 0.1) is 0 Å². The average Bonchev–Trinajstić information content (AvgIpc) is 2.35. The molecule has 0 aromatic heterocycles. The van der Waals surface area contributed by atoms with Crippen LogP contribution in [0.25, 0.3) is 0 Å². The van der Waals surface area contributed by atoms with Crippen LogP contribution in [0.1, 0.15) is 19.3 Å². The molecule has 5 heteroatoms. The lowest BCUT2D eigenvalue weighted by Gasteiger charge is -2.29. The summed E-state index contributed by atoms with van der Waals surface area (Å²) in [7, 11) is 2.58. The summed E-state index contributed by atoms with van der Waals surface area (Å²) in [5.41, 5.74) is 0.286. The molecule has 1 saturated heterocycles. The molecule has 0 saturated carbocycles. The third-order valence-corrected chi connectivity index (χ3v) is 2.55. The molecule has 0 atom stereocenters. The lowest BCUT2D eigenvalue weighted by atomic mass is 10.1. The fraction of sp³-hybridized carbons (Fsp3) is 0.636. The van der Waals surface area contributed by atoms with Gasteiger partial charge < -0.3 is 14.4 Å². The summed E-state index contributed by atoms with van der Waals surface area (Å²) in [6.45, 7) is 1.55. The quantitative estimate of drug-likeness (QED) is 0.525. The van der Waals surface area contributed by atoms with Crippen LogP contribution in [0.4, 0.5) is 0 Å². The first-order valence-corrected chi connectivity index (χ1v) is 5.32. The Balaban J connectivity index is 2.81. The van der Waals surface area contributed by atoms with Crippen molar-refractivity contribution in [3.63, 3.8) is 0 Å². The molecule has 0 aliphatic carbocycles. The van der Waals surface area contributed by atoms with E-state index >= 15 is 0 Å². The fourth-order valence-corrected chi connectivity index (χ4v) is 1.69. The molecular weight excluding hydrogens is 210 g/mol. The Hall–Kier alpha value is -1.52. The second kappa shape index (κ2) is 6.15. The highest BCUT2D eigenvalue weighted by Gasteiger charge is 2.21. The molecule has 1 rings (SSSR count). The van der Waals surface area contributed by atoms with Crippen LogP contribution in [-0.2, 0) is 19.1 Å². The first-order chi connectivity index (χ1) is 7.69. The van der Waals surface area contributed by atoms with Gasteiger partial charge in [-0.1, -0.05) is 0 Å².